The van der Waals surface area contributed by atoms with Crippen molar-refractivity contribution in [3.63, 3.8) is 0 Å². The molecule has 0 saturated carbocycles. The molecular weight excluding hydrogens is 903 g/mol. The Morgan fingerprint density at radius 1 is 0.812 bits per heavy atom. The molecule has 1 fully saturated rings. The third-order valence-electron chi connectivity index (χ3n) is 11.5. The lowest BCUT2D eigenvalue weighted by Crippen LogP contribution is -2.62. The smallest absolute Gasteiger partial charge is 0.326 e. The van der Waals surface area contributed by atoms with Crippen LogP contribution in [-0.4, -0.2) is 157 Å². The van der Waals surface area contributed by atoms with Crippen molar-refractivity contribution in [2.75, 3.05) is 19.7 Å². The van der Waals surface area contributed by atoms with E-state index in [1.165, 1.54) is 17.4 Å². The summed E-state index contributed by atoms with van der Waals surface area (Å²) in [5, 5.41) is 44.5. The number of aromatic amines is 1. The van der Waals surface area contributed by atoms with E-state index >= 15 is 0 Å². The number of hydrogen-bond acceptors (Lipinski definition) is 13. The van der Waals surface area contributed by atoms with Crippen LogP contribution in [0.2, 0.25) is 0 Å². The molecule has 25 heteroatoms. The molecule has 69 heavy (non-hydrogen) atoms. The lowest BCUT2D eigenvalue weighted by molar-refractivity contribution is -0.145. The molecule has 16 N–H and O–H groups in total. The van der Waals surface area contributed by atoms with Crippen LogP contribution in [0.25, 0.3) is 0 Å². The van der Waals surface area contributed by atoms with Gasteiger partial charge in [0.25, 0.3) is 0 Å². The summed E-state index contributed by atoms with van der Waals surface area (Å²) < 4.78 is 0. The van der Waals surface area contributed by atoms with E-state index in [-0.39, 0.29) is 51.2 Å². The Kier molecular flexibility index (Phi) is 22.5. The van der Waals surface area contributed by atoms with Gasteiger partial charge in [0.05, 0.1) is 25.4 Å². The fourth-order valence-electron chi connectivity index (χ4n) is 7.43. The Balaban J connectivity index is 1.79. The monoisotopic (exact) mass is 970 g/mol. The van der Waals surface area contributed by atoms with E-state index in [0.717, 1.165) is 0 Å². The van der Waals surface area contributed by atoms with E-state index in [1.54, 1.807) is 58.0 Å². The van der Waals surface area contributed by atoms with E-state index in [9.17, 15) is 53.4 Å². The first-order valence-corrected chi connectivity index (χ1v) is 22.7. The Morgan fingerprint density at radius 2 is 1.43 bits per heavy atom. The van der Waals surface area contributed by atoms with Gasteiger partial charge in [-0.15, -0.1) is 0 Å². The Hall–Kier alpha value is -7.15. The van der Waals surface area contributed by atoms with Gasteiger partial charge in [-0.05, 0) is 43.1 Å². The molecule has 25 nitrogen and oxygen atoms in total. The second-order valence-electron chi connectivity index (χ2n) is 17.2. The van der Waals surface area contributed by atoms with Crippen LogP contribution in [0.5, 0.6) is 0 Å². The number of rotatable bonds is 28. The number of H-pyrrole nitrogens is 1. The molecule has 2 heterocycles. The van der Waals surface area contributed by atoms with Crippen LogP contribution in [0.4, 0.5) is 0 Å². The van der Waals surface area contributed by atoms with Gasteiger partial charge in [0.2, 0.25) is 41.4 Å². The minimum atomic E-state index is -1.66. The maximum Gasteiger partial charge on any atom is 0.326 e. The highest BCUT2D eigenvalue weighted by Gasteiger charge is 2.41. The zero-order valence-corrected chi connectivity index (χ0v) is 39.2. The normalized spacial score (nSPS) is 16.8. The summed E-state index contributed by atoms with van der Waals surface area (Å²) in [4.78, 5) is 131. The summed E-state index contributed by atoms with van der Waals surface area (Å²) in [7, 11) is 0. The Morgan fingerprint density at radius 3 is 2.01 bits per heavy atom. The van der Waals surface area contributed by atoms with Crippen molar-refractivity contribution in [1.29, 1.82) is 0 Å². The van der Waals surface area contributed by atoms with Crippen LogP contribution < -0.4 is 49.1 Å². The van der Waals surface area contributed by atoms with Gasteiger partial charge in [-0.3, -0.25) is 43.3 Å². The lowest BCUT2D eigenvalue weighted by atomic mass is 9.97. The summed E-state index contributed by atoms with van der Waals surface area (Å²) in [5.74, 6) is -9.92. The van der Waals surface area contributed by atoms with E-state index in [4.69, 9.17) is 22.3 Å². The van der Waals surface area contributed by atoms with Gasteiger partial charge in [-0.1, -0.05) is 64.4 Å². The molecule has 7 amide bonds. The van der Waals surface area contributed by atoms with Gasteiger partial charge in [0.1, 0.15) is 42.3 Å². The SMILES string of the molecule is CC[C@H](C)[C@H](NC(=O)[C@H](CO)NC(=O)[C@@H](NC(=O)[C@H](CCCN=C(N)N)NC(=O)[C@@H](N)CC(=O)O)C(C)C)C(=O)N[C@@H](Cc1cnc[nH]1)C(=O)N1CCC[C@H]1C(=O)N[C@@H](Cc1ccccc1)C(=O)O. The largest absolute Gasteiger partial charge is 0.481 e. The molecule has 9 atom stereocenters. The second-order valence-corrected chi connectivity index (χ2v) is 17.2. The van der Waals surface area contributed by atoms with Crippen molar-refractivity contribution in [1.82, 2.24) is 46.8 Å². The van der Waals surface area contributed by atoms with Crippen molar-refractivity contribution in [3.05, 3.63) is 54.1 Å². The number of imidazole rings is 1. The van der Waals surface area contributed by atoms with Crippen LogP contribution >= 0.6 is 0 Å². The Labute approximate surface area is 398 Å². The molecule has 0 radical (unpaired) electrons. The third-order valence-corrected chi connectivity index (χ3v) is 11.5. The molecule has 0 spiro atoms. The number of likely N-dealkylation sites (tertiary alicyclic amines) is 1. The zero-order chi connectivity index (χ0) is 51.4. The molecular formula is C44H67N13O12. The first-order valence-electron chi connectivity index (χ1n) is 22.7. The average molecular weight is 970 g/mol. The number of nitrogens with two attached hydrogens (primary N) is 3. The van der Waals surface area contributed by atoms with Gasteiger partial charge >= 0.3 is 11.9 Å². The number of benzene rings is 1. The highest BCUT2D eigenvalue weighted by molar-refractivity contribution is 5.98. The number of carbonyl (C=O) groups is 9. The number of carboxylic acid groups (broad SMARTS) is 2. The summed E-state index contributed by atoms with van der Waals surface area (Å²) in [6.45, 7) is 5.79. The number of aliphatic hydroxyl groups excluding tert-OH is 1. The average Bonchev–Trinajstić information content (AvgIpc) is 4.02. The van der Waals surface area contributed by atoms with Crippen LogP contribution in [0.3, 0.4) is 0 Å². The highest BCUT2D eigenvalue weighted by atomic mass is 16.4. The van der Waals surface area contributed by atoms with E-state index in [2.05, 4.69) is 46.9 Å². The number of guanidine groups is 1. The zero-order valence-electron chi connectivity index (χ0n) is 39.2. The maximum atomic E-state index is 14.4. The van der Waals surface area contributed by atoms with Gasteiger partial charge in [0.15, 0.2) is 5.96 Å². The number of aliphatic carboxylic acids is 2. The number of aliphatic imine (C=N–C) groups is 1. The first kappa shape index (κ1) is 56.2. The van der Waals surface area contributed by atoms with Crippen molar-refractivity contribution in [3.8, 4) is 0 Å². The molecule has 1 aliphatic heterocycles. The number of amides is 7. The highest BCUT2D eigenvalue weighted by Crippen LogP contribution is 2.21. The van der Waals surface area contributed by atoms with Gasteiger partial charge in [-0.2, -0.15) is 0 Å². The molecule has 1 aromatic heterocycles. The first-order chi connectivity index (χ1) is 32.7. The molecule has 1 aromatic carbocycles. The number of carbonyl (C=O) groups excluding carboxylic acids is 7. The number of nitrogens with zero attached hydrogens (tertiary/aromatic N) is 3. The van der Waals surface area contributed by atoms with Crippen molar-refractivity contribution in [2.24, 2.45) is 34.0 Å². The van der Waals surface area contributed by atoms with Crippen LogP contribution in [-0.2, 0) is 56.0 Å². The maximum absolute atomic E-state index is 14.4. The molecule has 0 unspecified atom stereocenters. The summed E-state index contributed by atoms with van der Waals surface area (Å²) >= 11 is 0. The Bertz CT molecular complexity index is 2100. The lowest BCUT2D eigenvalue weighted by Gasteiger charge is -2.31. The number of hydrogen-bond donors (Lipinski definition) is 13. The molecule has 1 saturated heterocycles. The number of nitrogens with one attached hydrogen (secondary N) is 7. The molecule has 1 aliphatic rings. The minimum Gasteiger partial charge on any atom is -0.481 e. The van der Waals surface area contributed by atoms with E-state index in [1.807, 2.05) is 0 Å². The molecule has 2 aromatic rings. The molecule has 380 valence electrons. The molecule has 0 aliphatic carbocycles. The third kappa shape index (κ3) is 17.8. The van der Waals surface area contributed by atoms with E-state index < -0.39 is 126 Å². The fraction of sp³-hybridized carbons (Fsp3) is 0.568. The van der Waals surface area contributed by atoms with Gasteiger partial charge in [0, 0.05) is 37.8 Å². The predicted octanol–water partition coefficient (Wildman–Crippen LogP) is -3.27. The number of aliphatic hydroxyl groups is 1. The number of aromatic nitrogens is 2. The van der Waals surface area contributed by atoms with Gasteiger partial charge < -0.3 is 74.3 Å². The van der Waals surface area contributed by atoms with Crippen molar-refractivity contribution >= 4 is 59.2 Å². The topological polar surface area (TPSA) is 409 Å². The summed E-state index contributed by atoms with van der Waals surface area (Å²) in [6.07, 6.45) is 3.05. The fourth-order valence-corrected chi connectivity index (χ4v) is 7.43. The van der Waals surface area contributed by atoms with Crippen LogP contribution in [0, 0.1) is 11.8 Å². The van der Waals surface area contributed by atoms with Crippen LogP contribution in [0.15, 0.2) is 47.8 Å². The number of carboxylic acids is 2. The molecule has 0 bridgehead atoms. The van der Waals surface area contributed by atoms with Gasteiger partial charge in [-0.25, -0.2) is 9.78 Å². The molecule has 3 rings (SSSR count). The van der Waals surface area contributed by atoms with E-state index in [0.29, 0.717) is 24.1 Å². The van der Waals surface area contributed by atoms with Crippen LogP contribution in [0.1, 0.15) is 77.5 Å². The summed E-state index contributed by atoms with van der Waals surface area (Å²) in [6, 6.07) is -2.14. The second kappa shape index (κ2) is 27.6. The predicted molar refractivity (Wildman–Crippen MR) is 248 cm³/mol. The van der Waals surface area contributed by atoms with Crippen molar-refractivity contribution in [2.45, 2.75) is 127 Å². The quantitative estimate of drug-likeness (QED) is 0.0226. The summed E-state index contributed by atoms with van der Waals surface area (Å²) in [5.41, 5.74) is 17.6. The standard InChI is InChI=1S/C44H67N13O12/c1-5-24(4)35(56-38(63)31(21-58)54-40(65)34(23(2)3)55-37(62)28(13-9-15-49-44(46)47)51-36(61)27(45)19-33(59)60)41(66)52-29(18-26-20-48-22-50-26)42(67)57-16-10-14-32(57)39(64)53-30(43(68)69)17-25-11-7-6-8-12-25/h6-8,11-12,20,22-24,27-32,34-35,58H,5,9-10,13-19,21,45H2,1-4H3,(H,48,50)(H,51,61)(H,52,66)(H,53,64)(H,54,65)(H,55,62)(H,56,63)(H,59,60)(H,68,69)(H4,46,47,49)/t24-,27-,28-,29-,30-,31-,32-,34-,35-/m0/s1. The van der Waals surface area contributed by atoms with Crippen molar-refractivity contribution < 1.29 is 58.5 Å². The minimum absolute atomic E-state index is 0.000776.